The van der Waals surface area contributed by atoms with E-state index in [4.69, 9.17) is 11.5 Å². The Morgan fingerprint density at radius 2 is 1.03 bits per heavy atom. The van der Waals surface area contributed by atoms with Crippen LogP contribution in [0.1, 0.15) is 105 Å². The first-order chi connectivity index (χ1) is 15.2. The average molecular weight is 443 g/mol. The first-order valence-electron chi connectivity index (χ1n) is 10.9. The Kier molecular flexibility index (Phi) is 8.34. The van der Waals surface area contributed by atoms with Crippen molar-refractivity contribution in [3.63, 3.8) is 0 Å². The summed E-state index contributed by atoms with van der Waals surface area (Å²) in [6.07, 6.45) is 5.74. The van der Waals surface area contributed by atoms with Gasteiger partial charge in [-0.25, -0.2) is 9.59 Å². The van der Waals surface area contributed by atoms with Gasteiger partial charge in [-0.05, 0) is 48.9 Å². The van der Waals surface area contributed by atoms with Gasteiger partial charge in [-0.1, -0.05) is 39.5 Å². The number of hydrogen-bond acceptors (Lipinski definition) is 4. The summed E-state index contributed by atoms with van der Waals surface area (Å²) in [5.74, 6) is -4.44. The number of carboxylic acid groups (broad SMARTS) is 2. The van der Waals surface area contributed by atoms with Crippen LogP contribution in [-0.2, 0) is 12.8 Å². The Bertz CT molecular complexity index is 990. The maximum atomic E-state index is 12.7. The van der Waals surface area contributed by atoms with Gasteiger partial charge < -0.3 is 21.7 Å². The van der Waals surface area contributed by atoms with Gasteiger partial charge in [0.05, 0.1) is 22.3 Å². The van der Waals surface area contributed by atoms with Crippen molar-refractivity contribution < 1.29 is 29.4 Å². The molecule has 6 N–H and O–H groups in total. The first-order valence-corrected chi connectivity index (χ1v) is 10.9. The molecular formula is C24H30N2O6. The number of unbranched alkanes of at least 4 members (excludes halogenated alkanes) is 4. The highest BCUT2D eigenvalue weighted by Gasteiger charge is 2.30. The molecule has 0 saturated carbocycles. The number of amides is 2. The van der Waals surface area contributed by atoms with Crippen LogP contribution in [0.3, 0.4) is 0 Å². The second kappa shape index (κ2) is 10.7. The summed E-state index contributed by atoms with van der Waals surface area (Å²) in [7, 11) is 0. The maximum Gasteiger partial charge on any atom is 0.336 e. The lowest BCUT2D eigenvalue weighted by Crippen LogP contribution is -2.24. The summed E-state index contributed by atoms with van der Waals surface area (Å²) in [5.41, 5.74) is 11.8. The number of aromatic carboxylic acids is 2. The van der Waals surface area contributed by atoms with E-state index in [1.54, 1.807) is 0 Å². The molecule has 2 aromatic rings. The smallest absolute Gasteiger partial charge is 0.336 e. The van der Waals surface area contributed by atoms with Crippen molar-refractivity contribution in [3.8, 4) is 0 Å². The number of rotatable bonds is 12. The van der Waals surface area contributed by atoms with Crippen LogP contribution in [0, 0.1) is 0 Å². The van der Waals surface area contributed by atoms with Crippen molar-refractivity contribution in [1.29, 1.82) is 0 Å². The molecule has 2 rings (SSSR count). The normalized spacial score (nSPS) is 10.9. The highest BCUT2D eigenvalue weighted by molar-refractivity contribution is 6.24. The third kappa shape index (κ3) is 4.90. The van der Waals surface area contributed by atoms with Crippen LogP contribution in [0.5, 0.6) is 0 Å². The molecule has 0 aliphatic heterocycles. The minimum atomic E-state index is -1.36. The largest absolute Gasteiger partial charge is 0.478 e. The molecule has 2 aromatic carbocycles. The third-order valence-corrected chi connectivity index (χ3v) is 5.69. The number of primary amides is 2. The molecule has 8 heteroatoms. The van der Waals surface area contributed by atoms with E-state index in [0.717, 1.165) is 37.8 Å². The number of nitrogens with two attached hydrogens (primary N) is 2. The summed E-state index contributed by atoms with van der Waals surface area (Å²) in [4.78, 5) is 49.3. The molecular weight excluding hydrogens is 412 g/mol. The maximum absolute atomic E-state index is 12.7. The van der Waals surface area contributed by atoms with E-state index in [-0.39, 0.29) is 33.0 Å². The zero-order valence-corrected chi connectivity index (χ0v) is 18.5. The molecule has 172 valence electrons. The predicted octanol–water partition coefficient (Wildman–Crippen LogP) is 3.90. The summed E-state index contributed by atoms with van der Waals surface area (Å²) in [6.45, 7) is 4.04. The lowest BCUT2D eigenvalue weighted by atomic mass is 9.81. The van der Waals surface area contributed by atoms with Crippen LogP contribution in [0.4, 0.5) is 0 Å². The molecule has 0 aliphatic rings. The van der Waals surface area contributed by atoms with Crippen LogP contribution < -0.4 is 11.5 Å². The molecule has 0 aromatic heterocycles. The molecule has 0 radical (unpaired) electrons. The second-order valence-electron chi connectivity index (χ2n) is 7.87. The Balaban J connectivity index is 3.16. The fourth-order valence-electron chi connectivity index (χ4n) is 4.28. The number of carboxylic acids is 2. The van der Waals surface area contributed by atoms with E-state index in [1.807, 2.05) is 13.8 Å². The highest BCUT2D eigenvalue weighted by Crippen LogP contribution is 2.37. The summed E-state index contributed by atoms with van der Waals surface area (Å²) in [6, 6.07) is 2.25. The topological polar surface area (TPSA) is 161 Å². The first kappa shape index (κ1) is 24.8. The van der Waals surface area contributed by atoms with Crippen LogP contribution in [0.15, 0.2) is 12.1 Å². The average Bonchev–Trinajstić information content (AvgIpc) is 2.72. The van der Waals surface area contributed by atoms with Gasteiger partial charge in [0.15, 0.2) is 0 Å². The number of hydrogen-bond donors (Lipinski definition) is 4. The van der Waals surface area contributed by atoms with Gasteiger partial charge in [0.2, 0.25) is 11.8 Å². The lowest BCUT2D eigenvalue weighted by Gasteiger charge is -2.22. The van der Waals surface area contributed by atoms with Crippen molar-refractivity contribution in [2.45, 2.75) is 65.2 Å². The standard InChI is InChI=1S/C24H30N2O6/c1-3-5-7-9-13-14(10-8-6-4-2)20(22(26)28)18-16(24(31)32)12-11-15(23(29)30)17(18)19(13)21(25)27/h11-12H,3-10H2,1-2H3,(H2,25,27)(H2,26,28)(H,29,30)(H,31,32). The van der Waals surface area contributed by atoms with Crippen LogP contribution in [0.2, 0.25) is 0 Å². The predicted molar refractivity (Wildman–Crippen MR) is 121 cm³/mol. The Morgan fingerprint density at radius 3 is 1.28 bits per heavy atom. The molecule has 0 spiro atoms. The van der Waals surface area contributed by atoms with Gasteiger partial charge in [0, 0.05) is 10.8 Å². The Morgan fingerprint density at radius 1 is 0.688 bits per heavy atom. The monoisotopic (exact) mass is 442 g/mol. The molecule has 0 saturated heterocycles. The molecule has 0 heterocycles. The molecule has 0 bridgehead atoms. The van der Waals surface area contributed by atoms with Gasteiger partial charge >= 0.3 is 11.9 Å². The van der Waals surface area contributed by atoms with E-state index in [9.17, 15) is 29.4 Å². The zero-order valence-electron chi connectivity index (χ0n) is 18.5. The van der Waals surface area contributed by atoms with Crippen molar-refractivity contribution in [2.24, 2.45) is 11.5 Å². The fraction of sp³-hybridized carbons (Fsp3) is 0.417. The van der Waals surface area contributed by atoms with Crippen molar-refractivity contribution in [2.75, 3.05) is 0 Å². The van der Waals surface area contributed by atoms with E-state index >= 15 is 0 Å². The summed E-state index contributed by atoms with van der Waals surface area (Å²) in [5, 5.41) is 19.3. The minimum Gasteiger partial charge on any atom is -0.478 e. The summed E-state index contributed by atoms with van der Waals surface area (Å²) < 4.78 is 0. The van der Waals surface area contributed by atoms with E-state index in [0.29, 0.717) is 36.8 Å². The number of carbonyl (C=O) groups is 4. The lowest BCUT2D eigenvalue weighted by molar-refractivity contribution is 0.0684. The van der Waals surface area contributed by atoms with Gasteiger partial charge in [-0.15, -0.1) is 0 Å². The number of carbonyl (C=O) groups excluding carboxylic acids is 2. The molecule has 0 atom stereocenters. The zero-order chi connectivity index (χ0) is 24.0. The van der Waals surface area contributed by atoms with Gasteiger partial charge in [-0.3, -0.25) is 9.59 Å². The molecule has 0 unspecified atom stereocenters. The van der Waals surface area contributed by atoms with E-state index in [1.165, 1.54) is 0 Å². The summed E-state index contributed by atoms with van der Waals surface area (Å²) >= 11 is 0. The van der Waals surface area contributed by atoms with E-state index < -0.39 is 23.8 Å². The molecule has 8 nitrogen and oxygen atoms in total. The number of benzene rings is 2. The van der Waals surface area contributed by atoms with Crippen LogP contribution >= 0.6 is 0 Å². The Labute approximate surface area is 186 Å². The van der Waals surface area contributed by atoms with Gasteiger partial charge in [0.25, 0.3) is 0 Å². The fourth-order valence-corrected chi connectivity index (χ4v) is 4.28. The second-order valence-corrected chi connectivity index (χ2v) is 7.87. The van der Waals surface area contributed by atoms with E-state index in [2.05, 4.69) is 0 Å². The van der Waals surface area contributed by atoms with Crippen molar-refractivity contribution >= 4 is 34.5 Å². The SMILES string of the molecule is CCCCCc1c(CCCCC)c(C(N)=O)c2c(C(=O)O)ccc(C(=O)O)c2c1C(N)=O. The van der Waals surface area contributed by atoms with Crippen molar-refractivity contribution in [3.05, 3.63) is 45.5 Å². The third-order valence-electron chi connectivity index (χ3n) is 5.69. The quantitative estimate of drug-likeness (QED) is 0.365. The van der Waals surface area contributed by atoms with Gasteiger partial charge in [0.1, 0.15) is 0 Å². The molecule has 32 heavy (non-hydrogen) atoms. The van der Waals surface area contributed by atoms with Crippen LogP contribution in [-0.4, -0.2) is 34.0 Å². The molecule has 0 fully saturated rings. The van der Waals surface area contributed by atoms with Crippen LogP contribution in [0.25, 0.3) is 10.8 Å². The van der Waals surface area contributed by atoms with Gasteiger partial charge in [-0.2, -0.15) is 0 Å². The molecule has 2 amide bonds. The molecule has 0 aliphatic carbocycles. The van der Waals surface area contributed by atoms with Crippen molar-refractivity contribution in [1.82, 2.24) is 0 Å². The minimum absolute atomic E-state index is 0.0342. The number of fused-ring (bicyclic) bond motifs is 1. The Hall–Kier alpha value is -3.42. The highest BCUT2D eigenvalue weighted by atomic mass is 16.4.